The van der Waals surface area contributed by atoms with E-state index in [0.29, 0.717) is 33.8 Å². The van der Waals surface area contributed by atoms with Gasteiger partial charge in [0.25, 0.3) is 0 Å². The summed E-state index contributed by atoms with van der Waals surface area (Å²) in [5.41, 5.74) is 1.96. The lowest BCUT2D eigenvalue weighted by molar-refractivity contribution is 0.112. The van der Waals surface area contributed by atoms with E-state index in [1.54, 1.807) is 13.2 Å². The maximum atomic E-state index is 11.3. The van der Waals surface area contributed by atoms with Gasteiger partial charge >= 0.3 is 0 Å². The van der Waals surface area contributed by atoms with Gasteiger partial charge in [-0.15, -0.1) is 0 Å². The van der Waals surface area contributed by atoms with Crippen molar-refractivity contribution in [2.45, 2.75) is 0 Å². The van der Waals surface area contributed by atoms with Crippen molar-refractivity contribution in [2.75, 3.05) is 14.2 Å². The number of aldehydes is 1. The molecule has 4 nitrogen and oxygen atoms in total. The number of carbonyl (C=O) groups is 1. The molecule has 0 bridgehead atoms. The van der Waals surface area contributed by atoms with E-state index < -0.39 is 0 Å². The second kappa shape index (κ2) is 5.32. The Labute approximate surface area is 121 Å². The molecule has 0 aliphatic rings. The molecule has 106 valence electrons. The summed E-state index contributed by atoms with van der Waals surface area (Å²) in [5.74, 6) is 1.64. The summed E-state index contributed by atoms with van der Waals surface area (Å²) in [5, 5.41) is 0.710. The van der Waals surface area contributed by atoms with Gasteiger partial charge in [-0.05, 0) is 12.1 Å². The highest BCUT2D eigenvalue weighted by Gasteiger charge is 2.18. The highest BCUT2D eigenvalue weighted by atomic mass is 16.5. The fourth-order valence-corrected chi connectivity index (χ4v) is 2.36. The van der Waals surface area contributed by atoms with Crippen molar-refractivity contribution in [3.8, 4) is 22.8 Å². The third kappa shape index (κ3) is 2.14. The van der Waals surface area contributed by atoms with Gasteiger partial charge in [0.1, 0.15) is 5.76 Å². The maximum absolute atomic E-state index is 11.3. The van der Waals surface area contributed by atoms with Crippen molar-refractivity contribution in [2.24, 2.45) is 0 Å². The number of hydrogen-bond acceptors (Lipinski definition) is 4. The van der Waals surface area contributed by atoms with E-state index in [9.17, 15) is 4.79 Å². The molecule has 0 amide bonds. The van der Waals surface area contributed by atoms with Gasteiger partial charge < -0.3 is 13.9 Å². The quantitative estimate of drug-likeness (QED) is 0.680. The topological polar surface area (TPSA) is 48.7 Å². The summed E-state index contributed by atoms with van der Waals surface area (Å²) in [6, 6.07) is 13.2. The van der Waals surface area contributed by atoms with E-state index in [4.69, 9.17) is 13.9 Å². The Hall–Kier alpha value is -2.75. The molecule has 4 heteroatoms. The number of furan rings is 1. The van der Waals surface area contributed by atoms with Crippen molar-refractivity contribution in [3.05, 3.63) is 48.0 Å². The normalized spacial score (nSPS) is 10.6. The predicted octanol–water partition coefficient (Wildman–Crippen LogP) is 3.93. The highest BCUT2D eigenvalue weighted by molar-refractivity contribution is 6.01. The number of carbonyl (C=O) groups excluding carboxylic acids is 1. The van der Waals surface area contributed by atoms with E-state index in [2.05, 4.69) is 0 Å². The molecule has 0 atom stereocenters. The molecule has 0 aliphatic heterocycles. The molecule has 0 fully saturated rings. The van der Waals surface area contributed by atoms with Crippen molar-refractivity contribution in [1.82, 2.24) is 0 Å². The van der Waals surface area contributed by atoms with Crippen LogP contribution < -0.4 is 9.47 Å². The number of benzene rings is 2. The molecule has 3 aromatic rings. The molecular weight excluding hydrogens is 268 g/mol. The minimum absolute atomic E-state index is 0.473. The Balaban J connectivity index is 2.31. The van der Waals surface area contributed by atoms with Gasteiger partial charge in [-0.25, -0.2) is 0 Å². The third-order valence-corrected chi connectivity index (χ3v) is 3.37. The van der Waals surface area contributed by atoms with Crippen LogP contribution in [0.3, 0.4) is 0 Å². The Bertz CT molecular complexity index is 787. The lowest BCUT2D eigenvalue weighted by Gasteiger charge is -2.08. The van der Waals surface area contributed by atoms with Gasteiger partial charge in [0, 0.05) is 16.5 Å². The molecule has 1 heterocycles. The summed E-state index contributed by atoms with van der Waals surface area (Å²) < 4.78 is 16.5. The minimum atomic E-state index is 0.473. The smallest absolute Gasteiger partial charge is 0.204 e. The largest absolute Gasteiger partial charge is 0.493 e. The minimum Gasteiger partial charge on any atom is -0.493 e. The first-order chi connectivity index (χ1) is 10.3. The van der Waals surface area contributed by atoms with Crippen molar-refractivity contribution in [1.29, 1.82) is 0 Å². The number of methoxy groups -OCH3 is 2. The summed E-state index contributed by atoms with van der Waals surface area (Å²) in [6.07, 6.45) is 0.786. The average molecular weight is 282 g/mol. The van der Waals surface area contributed by atoms with Crippen LogP contribution in [0.15, 0.2) is 46.9 Å². The summed E-state index contributed by atoms with van der Waals surface area (Å²) >= 11 is 0. The first-order valence-corrected chi connectivity index (χ1v) is 6.47. The molecule has 0 saturated carbocycles. The zero-order chi connectivity index (χ0) is 14.8. The van der Waals surface area contributed by atoms with Gasteiger partial charge in [0.15, 0.2) is 17.6 Å². The fourth-order valence-electron chi connectivity index (χ4n) is 2.36. The van der Waals surface area contributed by atoms with E-state index in [1.807, 2.05) is 36.4 Å². The Morgan fingerprint density at radius 1 is 1.05 bits per heavy atom. The monoisotopic (exact) mass is 282 g/mol. The summed E-state index contributed by atoms with van der Waals surface area (Å²) in [4.78, 5) is 11.3. The van der Waals surface area contributed by atoms with Crippen LogP contribution in [0.2, 0.25) is 0 Å². The fraction of sp³-hybridized carbons (Fsp3) is 0.118. The van der Waals surface area contributed by atoms with E-state index in [-0.39, 0.29) is 0 Å². The maximum Gasteiger partial charge on any atom is 0.204 e. The molecule has 0 saturated heterocycles. The van der Waals surface area contributed by atoms with Crippen LogP contribution in [0.25, 0.3) is 22.3 Å². The van der Waals surface area contributed by atoms with Crippen molar-refractivity contribution >= 4 is 17.3 Å². The lowest BCUT2D eigenvalue weighted by atomic mass is 10.1. The molecule has 0 spiro atoms. The van der Waals surface area contributed by atoms with Crippen LogP contribution in [-0.4, -0.2) is 20.5 Å². The van der Waals surface area contributed by atoms with Crippen LogP contribution in [-0.2, 0) is 0 Å². The average Bonchev–Trinajstić information content (AvgIpc) is 2.99. The SMILES string of the molecule is COc1cc(C=O)c2cc(-c3ccccc3)oc2c1OC. The molecular formula is C17H14O4. The number of rotatable bonds is 4. The molecule has 0 aliphatic carbocycles. The number of hydrogen-bond donors (Lipinski definition) is 0. The zero-order valence-corrected chi connectivity index (χ0v) is 11.8. The van der Waals surface area contributed by atoms with Crippen LogP contribution in [0.1, 0.15) is 10.4 Å². The summed E-state index contributed by atoms with van der Waals surface area (Å²) in [7, 11) is 3.07. The van der Waals surface area contributed by atoms with E-state index in [1.165, 1.54) is 7.11 Å². The van der Waals surface area contributed by atoms with E-state index in [0.717, 1.165) is 11.8 Å². The van der Waals surface area contributed by atoms with Gasteiger partial charge in [0.05, 0.1) is 14.2 Å². The third-order valence-electron chi connectivity index (χ3n) is 3.37. The van der Waals surface area contributed by atoms with Gasteiger partial charge in [-0.3, -0.25) is 4.79 Å². The second-order valence-electron chi connectivity index (χ2n) is 4.54. The van der Waals surface area contributed by atoms with Crippen LogP contribution >= 0.6 is 0 Å². The first-order valence-electron chi connectivity index (χ1n) is 6.47. The van der Waals surface area contributed by atoms with Crippen molar-refractivity contribution in [3.63, 3.8) is 0 Å². The van der Waals surface area contributed by atoms with Gasteiger partial charge in [-0.1, -0.05) is 30.3 Å². The van der Waals surface area contributed by atoms with Gasteiger partial charge in [-0.2, -0.15) is 0 Å². The molecule has 0 N–H and O–H groups in total. The second-order valence-corrected chi connectivity index (χ2v) is 4.54. The Morgan fingerprint density at radius 3 is 2.43 bits per heavy atom. The number of ether oxygens (including phenoxy) is 2. The Morgan fingerprint density at radius 2 is 1.81 bits per heavy atom. The molecule has 2 aromatic carbocycles. The number of fused-ring (bicyclic) bond motifs is 1. The molecule has 0 unspecified atom stereocenters. The molecule has 0 radical (unpaired) electrons. The molecule has 1 aromatic heterocycles. The first kappa shape index (κ1) is 13.2. The van der Waals surface area contributed by atoms with Crippen molar-refractivity contribution < 1.29 is 18.7 Å². The van der Waals surface area contributed by atoms with Gasteiger partial charge in [0.2, 0.25) is 5.75 Å². The molecule has 3 rings (SSSR count). The van der Waals surface area contributed by atoms with Crippen LogP contribution in [0.5, 0.6) is 11.5 Å². The van der Waals surface area contributed by atoms with Crippen LogP contribution in [0.4, 0.5) is 0 Å². The molecule has 21 heavy (non-hydrogen) atoms. The lowest BCUT2D eigenvalue weighted by Crippen LogP contribution is -1.93. The predicted molar refractivity (Wildman–Crippen MR) is 80.1 cm³/mol. The zero-order valence-electron chi connectivity index (χ0n) is 11.8. The standard InChI is InChI=1S/C17H14O4/c1-19-15-8-12(10-18)13-9-14(11-6-4-3-5-7-11)21-16(13)17(15)20-2/h3-10H,1-2H3. The van der Waals surface area contributed by atoms with E-state index >= 15 is 0 Å². The Kier molecular flexibility index (Phi) is 3.36. The highest BCUT2D eigenvalue weighted by Crippen LogP contribution is 2.41. The van der Waals surface area contributed by atoms with Crippen LogP contribution in [0, 0.1) is 0 Å². The summed E-state index contributed by atoms with van der Waals surface area (Å²) in [6.45, 7) is 0.